The molecule has 24 heavy (non-hydrogen) atoms. The summed E-state index contributed by atoms with van der Waals surface area (Å²) in [4.78, 5) is 4.18. The van der Waals surface area contributed by atoms with Crippen LogP contribution in [0.15, 0.2) is 4.99 Å². The lowest BCUT2D eigenvalue weighted by molar-refractivity contribution is 0.597. The van der Waals surface area contributed by atoms with Crippen LogP contribution >= 0.6 is 24.0 Å². The molecule has 0 amide bonds. The van der Waals surface area contributed by atoms with Crippen LogP contribution in [0, 0.1) is 13.8 Å². The minimum atomic E-state index is -2.91. The first-order chi connectivity index (χ1) is 10.6. The van der Waals surface area contributed by atoms with Crippen molar-refractivity contribution >= 4 is 39.8 Å². The Hall–Kier alpha value is -0.840. The number of aromatic nitrogens is 2. The molecular formula is C15H30IN5O2S. The first kappa shape index (κ1) is 23.2. The summed E-state index contributed by atoms with van der Waals surface area (Å²) in [6.45, 7) is 6.76. The molecule has 0 aromatic carbocycles. The highest BCUT2D eigenvalue weighted by Crippen LogP contribution is 2.14. The van der Waals surface area contributed by atoms with Crippen molar-refractivity contribution in [2.45, 2.75) is 39.7 Å². The van der Waals surface area contributed by atoms with Crippen molar-refractivity contribution < 1.29 is 8.42 Å². The number of hydrogen-bond donors (Lipinski definition) is 2. The van der Waals surface area contributed by atoms with E-state index in [4.69, 9.17) is 0 Å². The Morgan fingerprint density at radius 1 is 1.38 bits per heavy atom. The molecule has 1 rings (SSSR count). The lowest BCUT2D eigenvalue weighted by Crippen LogP contribution is -2.43. The molecule has 0 saturated heterocycles. The van der Waals surface area contributed by atoms with Crippen LogP contribution in [0.4, 0.5) is 0 Å². The molecule has 1 atom stereocenters. The van der Waals surface area contributed by atoms with Gasteiger partial charge in [-0.05, 0) is 39.2 Å². The minimum Gasteiger partial charge on any atom is -0.356 e. The second-order valence-electron chi connectivity index (χ2n) is 6.00. The van der Waals surface area contributed by atoms with E-state index < -0.39 is 9.84 Å². The smallest absolute Gasteiger partial charge is 0.191 e. The standard InChI is InChI=1S/C15H29N5O2S.HI/c1-11(10-14-12(2)19-20(5)13(14)3)18-15(16-4)17-8-7-9-23(6,21)22;/h11H,7-10H2,1-6H3,(H2,16,17,18);1H. The topological polar surface area (TPSA) is 88.4 Å². The van der Waals surface area contributed by atoms with Gasteiger partial charge in [0.05, 0.1) is 11.4 Å². The molecule has 0 radical (unpaired) electrons. The van der Waals surface area contributed by atoms with Crippen LogP contribution in [-0.4, -0.2) is 55.8 Å². The van der Waals surface area contributed by atoms with Gasteiger partial charge in [0.15, 0.2) is 5.96 Å². The van der Waals surface area contributed by atoms with E-state index in [0.29, 0.717) is 18.9 Å². The predicted octanol–water partition coefficient (Wildman–Crippen LogP) is 1.19. The van der Waals surface area contributed by atoms with Crippen LogP contribution in [0.25, 0.3) is 0 Å². The van der Waals surface area contributed by atoms with Crippen molar-refractivity contribution in [1.29, 1.82) is 0 Å². The van der Waals surface area contributed by atoms with E-state index in [1.807, 2.05) is 18.7 Å². The first-order valence-electron chi connectivity index (χ1n) is 7.78. The Bertz CT molecular complexity index is 655. The largest absolute Gasteiger partial charge is 0.356 e. The number of aryl methyl sites for hydroxylation is 2. The fraction of sp³-hybridized carbons (Fsp3) is 0.733. The lowest BCUT2D eigenvalue weighted by atomic mass is 10.1. The number of aliphatic imine (C=N–C) groups is 1. The minimum absolute atomic E-state index is 0. The maximum atomic E-state index is 11.1. The molecule has 2 N–H and O–H groups in total. The van der Waals surface area contributed by atoms with Crippen LogP contribution < -0.4 is 10.6 Å². The zero-order valence-electron chi connectivity index (χ0n) is 15.4. The monoisotopic (exact) mass is 471 g/mol. The van der Waals surface area contributed by atoms with Gasteiger partial charge < -0.3 is 10.6 Å². The van der Waals surface area contributed by atoms with E-state index in [-0.39, 0.29) is 35.8 Å². The van der Waals surface area contributed by atoms with Crippen LogP contribution in [0.5, 0.6) is 0 Å². The summed E-state index contributed by atoms with van der Waals surface area (Å²) in [6.07, 6.45) is 2.67. The summed E-state index contributed by atoms with van der Waals surface area (Å²) in [5, 5.41) is 10.9. The van der Waals surface area contributed by atoms with Crippen LogP contribution in [-0.2, 0) is 23.3 Å². The quantitative estimate of drug-likeness (QED) is 0.270. The van der Waals surface area contributed by atoms with Gasteiger partial charge in [0, 0.05) is 38.6 Å². The van der Waals surface area contributed by atoms with E-state index in [1.165, 1.54) is 17.5 Å². The number of rotatable bonds is 7. The highest BCUT2D eigenvalue weighted by Gasteiger charge is 2.14. The van der Waals surface area contributed by atoms with Gasteiger partial charge in [-0.1, -0.05) is 0 Å². The van der Waals surface area contributed by atoms with Crippen molar-refractivity contribution in [2.75, 3.05) is 25.6 Å². The number of hydrogen-bond acceptors (Lipinski definition) is 4. The first-order valence-corrected chi connectivity index (χ1v) is 9.84. The van der Waals surface area contributed by atoms with Gasteiger partial charge in [-0.15, -0.1) is 24.0 Å². The third-order valence-corrected chi connectivity index (χ3v) is 4.79. The third-order valence-electron chi connectivity index (χ3n) is 3.76. The Morgan fingerprint density at radius 2 is 2.00 bits per heavy atom. The average molecular weight is 471 g/mol. The van der Waals surface area contributed by atoms with E-state index in [9.17, 15) is 8.42 Å². The number of sulfone groups is 1. The Balaban J connectivity index is 0.00000529. The summed E-state index contributed by atoms with van der Waals surface area (Å²) in [7, 11) is 0.749. The molecule has 0 fully saturated rings. The average Bonchev–Trinajstić information content (AvgIpc) is 2.67. The van der Waals surface area contributed by atoms with Gasteiger partial charge in [0.1, 0.15) is 9.84 Å². The zero-order valence-corrected chi connectivity index (χ0v) is 18.5. The van der Waals surface area contributed by atoms with Crippen LogP contribution in [0.3, 0.4) is 0 Å². The van der Waals surface area contributed by atoms with Gasteiger partial charge in [-0.3, -0.25) is 9.67 Å². The molecule has 0 aliphatic rings. The van der Waals surface area contributed by atoms with Gasteiger partial charge >= 0.3 is 0 Å². The molecule has 1 unspecified atom stereocenters. The van der Waals surface area contributed by atoms with Crippen LogP contribution in [0.1, 0.15) is 30.3 Å². The Morgan fingerprint density at radius 3 is 2.46 bits per heavy atom. The maximum Gasteiger partial charge on any atom is 0.191 e. The highest BCUT2D eigenvalue weighted by molar-refractivity contribution is 14.0. The third kappa shape index (κ3) is 7.82. The fourth-order valence-electron chi connectivity index (χ4n) is 2.44. The summed E-state index contributed by atoms with van der Waals surface area (Å²) < 4.78 is 24.1. The second kappa shape index (κ2) is 10.2. The van der Waals surface area contributed by atoms with Crippen molar-refractivity contribution in [2.24, 2.45) is 12.0 Å². The zero-order chi connectivity index (χ0) is 17.6. The molecule has 9 heteroatoms. The van der Waals surface area contributed by atoms with E-state index in [0.717, 1.165) is 12.1 Å². The second-order valence-corrected chi connectivity index (χ2v) is 8.26. The van der Waals surface area contributed by atoms with Gasteiger partial charge in [0.25, 0.3) is 0 Å². The summed E-state index contributed by atoms with van der Waals surface area (Å²) >= 11 is 0. The number of guanidine groups is 1. The van der Waals surface area contributed by atoms with E-state index >= 15 is 0 Å². The van der Waals surface area contributed by atoms with Crippen molar-refractivity contribution in [3.05, 3.63) is 17.0 Å². The van der Waals surface area contributed by atoms with Crippen molar-refractivity contribution in [3.63, 3.8) is 0 Å². The van der Waals surface area contributed by atoms with Gasteiger partial charge in [-0.2, -0.15) is 5.10 Å². The number of halogens is 1. The normalized spacial score (nSPS) is 13.3. The highest BCUT2D eigenvalue weighted by atomic mass is 127. The molecule has 0 saturated carbocycles. The maximum absolute atomic E-state index is 11.1. The fourth-order valence-corrected chi connectivity index (χ4v) is 3.11. The Labute approximate surface area is 162 Å². The van der Waals surface area contributed by atoms with Crippen molar-refractivity contribution in [1.82, 2.24) is 20.4 Å². The molecule has 0 aliphatic carbocycles. The molecule has 0 aliphatic heterocycles. The molecule has 1 heterocycles. The summed E-state index contributed by atoms with van der Waals surface area (Å²) in [6, 6.07) is 0.192. The van der Waals surface area contributed by atoms with Gasteiger partial charge in [-0.25, -0.2) is 8.42 Å². The van der Waals surface area contributed by atoms with Crippen molar-refractivity contribution in [3.8, 4) is 0 Å². The molecule has 140 valence electrons. The summed E-state index contributed by atoms with van der Waals surface area (Å²) in [5.41, 5.74) is 3.47. The van der Waals surface area contributed by atoms with Crippen LogP contribution in [0.2, 0.25) is 0 Å². The van der Waals surface area contributed by atoms with E-state index in [2.05, 4.69) is 34.6 Å². The number of nitrogens with one attached hydrogen (secondary N) is 2. The molecule has 0 spiro atoms. The Kier molecular flexibility index (Phi) is 9.86. The SMILES string of the molecule is CN=C(NCCCS(C)(=O)=O)NC(C)Cc1c(C)nn(C)c1C.I. The van der Waals surface area contributed by atoms with E-state index in [1.54, 1.807) is 7.05 Å². The molecule has 1 aromatic rings. The molecular weight excluding hydrogens is 441 g/mol. The molecule has 0 bridgehead atoms. The lowest BCUT2D eigenvalue weighted by Gasteiger charge is -2.18. The number of nitrogens with zero attached hydrogens (tertiary/aromatic N) is 3. The summed E-state index contributed by atoms with van der Waals surface area (Å²) in [5.74, 6) is 0.867. The molecule has 7 nitrogen and oxygen atoms in total. The van der Waals surface area contributed by atoms with Gasteiger partial charge in [0.2, 0.25) is 0 Å². The molecule has 1 aromatic heterocycles. The predicted molar refractivity (Wildman–Crippen MR) is 110 cm³/mol.